The van der Waals surface area contributed by atoms with E-state index in [4.69, 9.17) is 5.73 Å². The molecule has 0 aliphatic rings. The molecule has 21 heavy (non-hydrogen) atoms. The Morgan fingerprint density at radius 1 is 1.14 bits per heavy atom. The standard InChI is InChI=1S/C17H20N4/c1-2-20(11-14-6-5-7-15(18)10-14)12-16-13-21-9-4-3-8-17(21)19-16/h3-10,13H,2,11-12,18H2,1H3. The molecule has 4 nitrogen and oxygen atoms in total. The Labute approximate surface area is 124 Å². The second kappa shape index (κ2) is 5.97. The van der Waals surface area contributed by atoms with Gasteiger partial charge in [-0.25, -0.2) is 4.98 Å². The molecule has 0 bridgehead atoms. The van der Waals surface area contributed by atoms with Crippen LogP contribution >= 0.6 is 0 Å². The van der Waals surface area contributed by atoms with Gasteiger partial charge in [-0.2, -0.15) is 0 Å². The molecule has 0 atom stereocenters. The van der Waals surface area contributed by atoms with E-state index < -0.39 is 0 Å². The second-order valence-corrected chi connectivity index (χ2v) is 5.25. The van der Waals surface area contributed by atoms with Crippen LogP contribution in [-0.4, -0.2) is 20.8 Å². The van der Waals surface area contributed by atoms with Gasteiger partial charge in [0, 0.05) is 31.2 Å². The summed E-state index contributed by atoms with van der Waals surface area (Å²) in [5, 5.41) is 0. The fraction of sp³-hybridized carbons (Fsp3) is 0.235. The van der Waals surface area contributed by atoms with E-state index in [2.05, 4.69) is 33.5 Å². The third-order valence-corrected chi connectivity index (χ3v) is 3.60. The first-order chi connectivity index (χ1) is 10.2. The van der Waals surface area contributed by atoms with Gasteiger partial charge in [0.05, 0.1) is 5.69 Å². The molecule has 0 unspecified atom stereocenters. The summed E-state index contributed by atoms with van der Waals surface area (Å²) in [5.41, 5.74) is 9.98. The van der Waals surface area contributed by atoms with Crippen LogP contribution in [-0.2, 0) is 13.1 Å². The minimum absolute atomic E-state index is 0.816. The monoisotopic (exact) mass is 280 g/mol. The first-order valence-electron chi connectivity index (χ1n) is 7.24. The lowest BCUT2D eigenvalue weighted by Crippen LogP contribution is -2.22. The van der Waals surface area contributed by atoms with Crippen LogP contribution in [0.3, 0.4) is 0 Å². The highest BCUT2D eigenvalue weighted by atomic mass is 15.1. The molecule has 2 heterocycles. The van der Waals surface area contributed by atoms with Crippen LogP contribution < -0.4 is 5.73 Å². The normalized spacial score (nSPS) is 11.3. The fourth-order valence-corrected chi connectivity index (χ4v) is 2.52. The van der Waals surface area contributed by atoms with Crippen molar-refractivity contribution in [3.8, 4) is 0 Å². The van der Waals surface area contributed by atoms with Crippen molar-refractivity contribution >= 4 is 11.3 Å². The molecule has 0 aliphatic carbocycles. The van der Waals surface area contributed by atoms with Crippen molar-refractivity contribution in [1.82, 2.24) is 14.3 Å². The lowest BCUT2D eigenvalue weighted by Gasteiger charge is -2.19. The molecule has 4 heteroatoms. The molecule has 0 fully saturated rings. The van der Waals surface area contributed by atoms with Gasteiger partial charge in [0.1, 0.15) is 5.65 Å². The maximum atomic E-state index is 5.85. The zero-order chi connectivity index (χ0) is 14.7. The molecule has 0 amide bonds. The molecule has 3 aromatic rings. The van der Waals surface area contributed by atoms with Gasteiger partial charge < -0.3 is 10.1 Å². The Hall–Kier alpha value is -2.33. The zero-order valence-electron chi connectivity index (χ0n) is 12.2. The van der Waals surface area contributed by atoms with Crippen molar-refractivity contribution in [2.45, 2.75) is 20.0 Å². The van der Waals surface area contributed by atoms with Crippen LogP contribution in [0.1, 0.15) is 18.2 Å². The van der Waals surface area contributed by atoms with E-state index in [1.54, 1.807) is 0 Å². The average Bonchev–Trinajstić information content (AvgIpc) is 2.89. The number of hydrogen-bond acceptors (Lipinski definition) is 3. The molecule has 2 N–H and O–H groups in total. The SMILES string of the molecule is CCN(Cc1cccc(N)c1)Cc1cn2ccccc2n1. The molecule has 0 saturated heterocycles. The second-order valence-electron chi connectivity index (χ2n) is 5.25. The molecular weight excluding hydrogens is 260 g/mol. The maximum absolute atomic E-state index is 5.85. The van der Waals surface area contributed by atoms with Gasteiger partial charge >= 0.3 is 0 Å². The Morgan fingerprint density at radius 3 is 2.81 bits per heavy atom. The molecule has 0 radical (unpaired) electrons. The number of fused-ring (bicyclic) bond motifs is 1. The molecule has 1 aromatic carbocycles. The summed E-state index contributed by atoms with van der Waals surface area (Å²) in [7, 11) is 0. The van der Waals surface area contributed by atoms with Crippen molar-refractivity contribution in [2.75, 3.05) is 12.3 Å². The lowest BCUT2D eigenvalue weighted by molar-refractivity contribution is 0.268. The average molecular weight is 280 g/mol. The topological polar surface area (TPSA) is 46.6 Å². The van der Waals surface area contributed by atoms with Crippen molar-refractivity contribution in [3.63, 3.8) is 0 Å². The molecule has 3 rings (SSSR count). The van der Waals surface area contributed by atoms with E-state index in [-0.39, 0.29) is 0 Å². The molecule has 0 saturated carbocycles. The van der Waals surface area contributed by atoms with E-state index in [0.717, 1.165) is 36.7 Å². The van der Waals surface area contributed by atoms with E-state index in [1.165, 1.54) is 5.56 Å². The lowest BCUT2D eigenvalue weighted by atomic mass is 10.2. The van der Waals surface area contributed by atoms with Gasteiger partial charge in [-0.15, -0.1) is 0 Å². The Morgan fingerprint density at radius 2 is 2.05 bits per heavy atom. The van der Waals surface area contributed by atoms with Crippen molar-refractivity contribution in [3.05, 3.63) is 66.1 Å². The first-order valence-corrected chi connectivity index (χ1v) is 7.24. The largest absolute Gasteiger partial charge is 0.399 e. The van der Waals surface area contributed by atoms with Gasteiger partial charge in [0.2, 0.25) is 0 Å². The number of nitrogens with two attached hydrogens (primary N) is 1. The Kier molecular flexibility index (Phi) is 3.88. The smallest absolute Gasteiger partial charge is 0.137 e. The third kappa shape index (κ3) is 3.23. The summed E-state index contributed by atoms with van der Waals surface area (Å²) >= 11 is 0. The molecule has 0 spiro atoms. The van der Waals surface area contributed by atoms with E-state index in [1.807, 2.05) is 42.6 Å². The molecule has 0 aliphatic heterocycles. The summed E-state index contributed by atoms with van der Waals surface area (Å²) in [6.45, 7) is 4.87. The van der Waals surface area contributed by atoms with Crippen LogP contribution in [0.15, 0.2) is 54.9 Å². The van der Waals surface area contributed by atoms with Gasteiger partial charge in [-0.3, -0.25) is 4.90 Å². The number of rotatable bonds is 5. The van der Waals surface area contributed by atoms with Gasteiger partial charge in [-0.1, -0.05) is 25.1 Å². The summed E-state index contributed by atoms with van der Waals surface area (Å²) in [4.78, 5) is 7.01. The minimum atomic E-state index is 0.816. The molecular formula is C17H20N4. The number of benzene rings is 1. The zero-order valence-corrected chi connectivity index (χ0v) is 12.2. The fourth-order valence-electron chi connectivity index (χ4n) is 2.52. The van der Waals surface area contributed by atoms with Crippen LogP contribution in [0.25, 0.3) is 5.65 Å². The van der Waals surface area contributed by atoms with Gasteiger partial charge in [0.25, 0.3) is 0 Å². The van der Waals surface area contributed by atoms with E-state index in [9.17, 15) is 0 Å². The number of aromatic nitrogens is 2. The Bertz CT molecular complexity index is 699. The quantitative estimate of drug-likeness (QED) is 0.731. The van der Waals surface area contributed by atoms with Crippen LogP contribution in [0.2, 0.25) is 0 Å². The Balaban J connectivity index is 1.74. The first kappa shape index (κ1) is 13.6. The highest BCUT2D eigenvalue weighted by Crippen LogP contribution is 2.13. The third-order valence-electron chi connectivity index (χ3n) is 3.60. The summed E-state index contributed by atoms with van der Waals surface area (Å²) in [5.74, 6) is 0. The highest BCUT2D eigenvalue weighted by molar-refractivity contribution is 5.41. The van der Waals surface area contributed by atoms with Crippen molar-refractivity contribution in [1.29, 1.82) is 0 Å². The summed E-state index contributed by atoms with van der Waals surface area (Å²) in [6.07, 6.45) is 4.12. The summed E-state index contributed by atoms with van der Waals surface area (Å²) < 4.78 is 2.06. The number of imidazole rings is 1. The summed E-state index contributed by atoms with van der Waals surface area (Å²) in [6, 6.07) is 14.1. The van der Waals surface area contributed by atoms with Crippen LogP contribution in [0.5, 0.6) is 0 Å². The minimum Gasteiger partial charge on any atom is -0.399 e. The predicted molar refractivity (Wildman–Crippen MR) is 85.8 cm³/mol. The van der Waals surface area contributed by atoms with E-state index >= 15 is 0 Å². The van der Waals surface area contributed by atoms with E-state index in [0.29, 0.717) is 0 Å². The van der Waals surface area contributed by atoms with Crippen molar-refractivity contribution < 1.29 is 0 Å². The molecule has 2 aromatic heterocycles. The number of pyridine rings is 1. The number of nitrogens with zero attached hydrogens (tertiary/aromatic N) is 3. The number of nitrogen functional groups attached to an aromatic ring is 1. The number of hydrogen-bond donors (Lipinski definition) is 1. The van der Waals surface area contributed by atoms with Crippen molar-refractivity contribution in [2.24, 2.45) is 0 Å². The maximum Gasteiger partial charge on any atom is 0.137 e. The van der Waals surface area contributed by atoms with Crippen LogP contribution in [0.4, 0.5) is 5.69 Å². The van der Waals surface area contributed by atoms with Gasteiger partial charge in [-0.05, 0) is 36.4 Å². The number of anilines is 1. The van der Waals surface area contributed by atoms with Crippen LogP contribution in [0, 0.1) is 0 Å². The molecule has 108 valence electrons. The highest BCUT2D eigenvalue weighted by Gasteiger charge is 2.08. The predicted octanol–water partition coefficient (Wildman–Crippen LogP) is 2.94. The van der Waals surface area contributed by atoms with Gasteiger partial charge in [0.15, 0.2) is 0 Å².